The summed E-state index contributed by atoms with van der Waals surface area (Å²) >= 11 is 0. The number of likely N-dealkylation sites (N-methyl/N-ethyl adjacent to an activating group) is 1. The molecule has 2 fully saturated rings. The summed E-state index contributed by atoms with van der Waals surface area (Å²) in [5.41, 5.74) is 8.96. The number of aromatic nitrogens is 2. The number of nitrogens with zero attached hydrogens (tertiary/aromatic N) is 5. The Kier molecular flexibility index (Phi) is 9.96. The van der Waals surface area contributed by atoms with Crippen LogP contribution in [0.3, 0.4) is 0 Å². The molecule has 3 aromatic carbocycles. The molecule has 6 rings (SSSR count). The zero-order valence-electron chi connectivity index (χ0n) is 26.8. The molecule has 2 aliphatic rings. The molecule has 1 unspecified atom stereocenters. The first kappa shape index (κ1) is 30.9. The Morgan fingerprint density at radius 3 is 2.21 bits per heavy atom. The van der Waals surface area contributed by atoms with E-state index >= 15 is 0 Å². The van der Waals surface area contributed by atoms with Gasteiger partial charge in [0.15, 0.2) is 6.29 Å². The number of imidazole rings is 1. The number of piperidine rings is 1. The number of carbonyl (C=O) groups is 1. The van der Waals surface area contributed by atoms with Gasteiger partial charge in [0.25, 0.3) is 0 Å². The van der Waals surface area contributed by atoms with E-state index in [1.165, 1.54) is 29.5 Å². The van der Waals surface area contributed by atoms with Crippen molar-refractivity contribution < 1.29 is 9.53 Å². The second kappa shape index (κ2) is 13.8. The lowest BCUT2D eigenvalue weighted by molar-refractivity contribution is 0.112. The topological polar surface area (TPSA) is 53.8 Å². The lowest BCUT2D eigenvalue weighted by Crippen LogP contribution is -2.43. The fourth-order valence-electron chi connectivity index (χ4n) is 6.51. The zero-order valence-corrected chi connectivity index (χ0v) is 26.8. The van der Waals surface area contributed by atoms with Crippen LogP contribution in [0.5, 0.6) is 5.75 Å². The summed E-state index contributed by atoms with van der Waals surface area (Å²) in [5, 5.41) is 0. The van der Waals surface area contributed by atoms with Gasteiger partial charge < -0.3 is 9.64 Å². The first-order chi connectivity index (χ1) is 20.8. The van der Waals surface area contributed by atoms with Crippen LogP contribution < -0.4 is 4.74 Å². The molecule has 2 saturated heterocycles. The normalized spacial score (nSPS) is 18.3. The number of aldehydes is 1. The number of benzene rings is 3. The van der Waals surface area contributed by atoms with Crippen LogP contribution >= 0.6 is 0 Å². The highest BCUT2D eigenvalue weighted by Crippen LogP contribution is 2.34. The maximum Gasteiger partial charge on any atom is 0.150 e. The number of aryl methyl sites for hydroxylation is 3. The van der Waals surface area contributed by atoms with Crippen LogP contribution in [0.25, 0.3) is 16.7 Å². The van der Waals surface area contributed by atoms with Crippen LogP contribution in [0.2, 0.25) is 0 Å². The van der Waals surface area contributed by atoms with Crippen molar-refractivity contribution in [2.24, 2.45) is 0 Å². The van der Waals surface area contributed by atoms with Gasteiger partial charge in [0, 0.05) is 44.0 Å². The second-order valence-electron chi connectivity index (χ2n) is 12.3. The van der Waals surface area contributed by atoms with Gasteiger partial charge in [0.1, 0.15) is 11.6 Å². The molecule has 0 N–H and O–H groups in total. The minimum Gasteiger partial charge on any atom is -0.497 e. The lowest BCUT2D eigenvalue weighted by Gasteiger charge is -2.32. The van der Waals surface area contributed by atoms with Crippen molar-refractivity contribution in [2.45, 2.75) is 52.6 Å². The molecule has 1 atom stereocenters. The van der Waals surface area contributed by atoms with E-state index in [1.807, 2.05) is 45.0 Å². The predicted octanol–water partition coefficient (Wildman–Crippen LogP) is 6.36. The number of hydrogen-bond acceptors (Lipinski definition) is 6. The van der Waals surface area contributed by atoms with Gasteiger partial charge in [-0.05, 0) is 107 Å². The molecule has 7 heteroatoms. The average Bonchev–Trinajstić information content (AvgIpc) is 3.37. The third-order valence-electron chi connectivity index (χ3n) is 9.00. The van der Waals surface area contributed by atoms with Gasteiger partial charge in [-0.2, -0.15) is 0 Å². The number of carbonyl (C=O) groups excluding carboxylic acids is 1. The van der Waals surface area contributed by atoms with E-state index in [2.05, 4.69) is 63.7 Å². The summed E-state index contributed by atoms with van der Waals surface area (Å²) in [4.78, 5) is 23.2. The molecule has 3 heterocycles. The minimum atomic E-state index is 0.347. The molecule has 0 bridgehead atoms. The lowest BCUT2D eigenvalue weighted by atomic mass is 10.0. The molecule has 0 aliphatic carbocycles. The maximum absolute atomic E-state index is 10.6. The molecule has 0 saturated carbocycles. The van der Waals surface area contributed by atoms with Crippen molar-refractivity contribution in [2.75, 3.05) is 53.9 Å². The third-order valence-corrected chi connectivity index (χ3v) is 9.00. The van der Waals surface area contributed by atoms with Crippen molar-refractivity contribution in [3.63, 3.8) is 0 Å². The Balaban J connectivity index is 0.000000283. The van der Waals surface area contributed by atoms with Gasteiger partial charge in [0.05, 0.1) is 24.2 Å². The number of rotatable bonds is 6. The fourth-order valence-corrected chi connectivity index (χ4v) is 6.51. The Labute approximate surface area is 257 Å². The van der Waals surface area contributed by atoms with E-state index < -0.39 is 0 Å². The third kappa shape index (κ3) is 7.18. The van der Waals surface area contributed by atoms with Crippen LogP contribution in [0.15, 0.2) is 54.6 Å². The first-order valence-electron chi connectivity index (χ1n) is 15.6. The van der Waals surface area contributed by atoms with Crippen LogP contribution in [-0.4, -0.2) is 84.5 Å². The van der Waals surface area contributed by atoms with Gasteiger partial charge in [0.2, 0.25) is 0 Å². The van der Waals surface area contributed by atoms with Crippen molar-refractivity contribution in [1.29, 1.82) is 0 Å². The largest absolute Gasteiger partial charge is 0.497 e. The summed E-state index contributed by atoms with van der Waals surface area (Å²) < 4.78 is 7.75. The highest BCUT2D eigenvalue weighted by atomic mass is 16.5. The standard InChI is InChI=1S/C26H35N5O.C10H12O/c1-28-14-16-30(17-15-28)19-20-7-12-24-23(18-20)27-26(25-6-4-5-13-29(25)2)31(24)21-8-10-22(32-3)11-9-21;1-7-4-8(2)10(6-11)9(3)5-7/h7-12,18,25H,4-6,13-17,19H2,1-3H3;4-6H,1-3H3. The Hall–Kier alpha value is -3.52. The molecule has 1 aromatic heterocycles. The highest BCUT2D eigenvalue weighted by molar-refractivity contribution is 5.80. The van der Waals surface area contributed by atoms with Gasteiger partial charge in [-0.1, -0.05) is 30.2 Å². The van der Waals surface area contributed by atoms with Gasteiger partial charge >= 0.3 is 0 Å². The summed E-state index contributed by atoms with van der Waals surface area (Å²) in [7, 11) is 6.16. The second-order valence-corrected chi connectivity index (χ2v) is 12.3. The highest BCUT2D eigenvalue weighted by Gasteiger charge is 2.27. The minimum absolute atomic E-state index is 0.347. The number of methoxy groups -OCH3 is 1. The molecule has 2 aliphatic heterocycles. The smallest absolute Gasteiger partial charge is 0.150 e. The van der Waals surface area contributed by atoms with Crippen molar-refractivity contribution >= 4 is 17.3 Å². The fraction of sp³-hybridized carbons (Fsp3) is 0.444. The molecule has 0 spiro atoms. The Morgan fingerprint density at radius 1 is 0.884 bits per heavy atom. The SMILES string of the molecule is COc1ccc(-n2c(C3CCCCN3C)nc3cc(CN4CCN(C)CC4)ccc32)cc1.Cc1cc(C)c(C=O)c(C)c1. The van der Waals surface area contributed by atoms with E-state index in [-0.39, 0.29) is 0 Å². The van der Waals surface area contributed by atoms with Gasteiger partial charge in [-0.15, -0.1) is 0 Å². The van der Waals surface area contributed by atoms with Crippen molar-refractivity contribution in [3.8, 4) is 11.4 Å². The summed E-state index contributed by atoms with van der Waals surface area (Å²) in [5.74, 6) is 2.04. The Morgan fingerprint density at radius 2 is 1.58 bits per heavy atom. The number of ether oxygens (including phenoxy) is 1. The van der Waals surface area contributed by atoms with Crippen LogP contribution in [0.4, 0.5) is 0 Å². The monoisotopic (exact) mass is 581 g/mol. The quantitative estimate of drug-likeness (QED) is 0.247. The number of fused-ring (bicyclic) bond motifs is 1. The van der Waals surface area contributed by atoms with E-state index in [0.717, 1.165) is 91.4 Å². The van der Waals surface area contributed by atoms with E-state index in [4.69, 9.17) is 9.72 Å². The van der Waals surface area contributed by atoms with E-state index in [9.17, 15) is 4.79 Å². The zero-order chi connectivity index (χ0) is 30.5. The van der Waals surface area contributed by atoms with Crippen molar-refractivity contribution in [3.05, 3.63) is 88.2 Å². The molecule has 0 amide bonds. The molecule has 43 heavy (non-hydrogen) atoms. The maximum atomic E-state index is 10.6. The summed E-state index contributed by atoms with van der Waals surface area (Å²) in [6.07, 6.45) is 4.61. The molecule has 7 nitrogen and oxygen atoms in total. The van der Waals surface area contributed by atoms with Crippen LogP contribution in [0.1, 0.15) is 63.7 Å². The molecular formula is C36H47N5O2. The number of likely N-dealkylation sites (tertiary alicyclic amines) is 1. The average molecular weight is 582 g/mol. The van der Waals surface area contributed by atoms with Gasteiger partial charge in [-0.25, -0.2) is 4.98 Å². The number of hydrogen-bond donors (Lipinski definition) is 0. The molecule has 0 radical (unpaired) electrons. The predicted molar refractivity (Wildman–Crippen MR) is 176 cm³/mol. The van der Waals surface area contributed by atoms with Crippen molar-refractivity contribution in [1.82, 2.24) is 24.3 Å². The number of piperazine rings is 1. The molecular weight excluding hydrogens is 534 g/mol. The summed E-state index contributed by atoms with van der Waals surface area (Å²) in [6.45, 7) is 12.6. The first-order valence-corrected chi connectivity index (χ1v) is 15.6. The molecule has 4 aromatic rings. The van der Waals surface area contributed by atoms with Gasteiger partial charge in [-0.3, -0.25) is 19.2 Å². The molecule has 228 valence electrons. The Bertz CT molecular complexity index is 1510. The van der Waals surface area contributed by atoms with Crippen LogP contribution in [-0.2, 0) is 6.54 Å². The van der Waals surface area contributed by atoms with E-state index in [0.29, 0.717) is 6.04 Å². The van der Waals surface area contributed by atoms with E-state index in [1.54, 1.807) is 7.11 Å². The summed E-state index contributed by atoms with van der Waals surface area (Å²) in [6, 6.07) is 19.6. The van der Waals surface area contributed by atoms with Crippen LogP contribution in [0, 0.1) is 20.8 Å².